The molecular formula is C17H13Cl2N3O3. The summed E-state index contributed by atoms with van der Waals surface area (Å²) in [5.74, 6) is 0.587. The zero-order chi connectivity index (χ0) is 17.8. The molecule has 1 N–H and O–H groups in total. The lowest BCUT2D eigenvalue weighted by molar-refractivity contribution is 0.102. The maximum Gasteiger partial charge on any atom is 0.278 e. The van der Waals surface area contributed by atoms with Crippen molar-refractivity contribution >= 4 is 34.9 Å². The van der Waals surface area contributed by atoms with Crippen LogP contribution >= 0.6 is 23.2 Å². The van der Waals surface area contributed by atoms with E-state index >= 15 is 0 Å². The van der Waals surface area contributed by atoms with Gasteiger partial charge in [0.2, 0.25) is 5.89 Å². The minimum Gasteiger partial charge on any atom is -0.490 e. The fourth-order valence-electron chi connectivity index (χ4n) is 2.07. The van der Waals surface area contributed by atoms with Gasteiger partial charge in [-0.05, 0) is 37.3 Å². The molecule has 0 unspecified atom stereocenters. The van der Waals surface area contributed by atoms with E-state index in [0.29, 0.717) is 33.8 Å². The Morgan fingerprint density at radius 2 is 2.12 bits per heavy atom. The molecule has 0 aliphatic carbocycles. The monoisotopic (exact) mass is 377 g/mol. The highest BCUT2D eigenvalue weighted by Gasteiger charge is 2.16. The normalized spacial score (nSPS) is 10.5. The van der Waals surface area contributed by atoms with E-state index in [0.717, 1.165) is 0 Å². The van der Waals surface area contributed by atoms with Gasteiger partial charge < -0.3 is 14.5 Å². The minimum atomic E-state index is -0.463. The number of nitrogens with one attached hydrogen (secondary N) is 1. The van der Waals surface area contributed by atoms with Gasteiger partial charge in [0.25, 0.3) is 5.91 Å². The van der Waals surface area contributed by atoms with Crippen LogP contribution in [0, 0.1) is 0 Å². The number of carbonyl (C=O) groups is 1. The highest BCUT2D eigenvalue weighted by molar-refractivity contribution is 6.42. The molecule has 0 aliphatic rings. The van der Waals surface area contributed by atoms with Crippen LogP contribution in [0.25, 0.3) is 11.5 Å². The summed E-state index contributed by atoms with van der Waals surface area (Å²) < 4.78 is 10.8. The Hall–Kier alpha value is -2.57. The van der Waals surface area contributed by atoms with E-state index in [1.165, 1.54) is 6.26 Å². The number of rotatable bonds is 5. The molecule has 1 amide bonds. The fraction of sp³-hybridized carbons (Fsp3) is 0.118. The van der Waals surface area contributed by atoms with Gasteiger partial charge in [-0.1, -0.05) is 23.2 Å². The first kappa shape index (κ1) is 17.3. The van der Waals surface area contributed by atoms with Crippen LogP contribution in [-0.2, 0) is 0 Å². The predicted molar refractivity (Wildman–Crippen MR) is 95.3 cm³/mol. The van der Waals surface area contributed by atoms with Crippen LogP contribution in [-0.4, -0.2) is 22.5 Å². The number of halogens is 2. The molecule has 0 radical (unpaired) electrons. The van der Waals surface area contributed by atoms with Crippen molar-refractivity contribution < 1.29 is 13.9 Å². The summed E-state index contributed by atoms with van der Waals surface area (Å²) in [4.78, 5) is 20.6. The van der Waals surface area contributed by atoms with Gasteiger partial charge in [-0.15, -0.1) is 0 Å². The van der Waals surface area contributed by atoms with Crippen LogP contribution in [0.2, 0.25) is 10.0 Å². The molecular weight excluding hydrogens is 365 g/mol. The molecule has 2 heterocycles. The average Bonchev–Trinajstić information content (AvgIpc) is 3.09. The third kappa shape index (κ3) is 3.92. The Bertz CT molecular complexity index is 912. The summed E-state index contributed by atoms with van der Waals surface area (Å²) in [6.07, 6.45) is 2.82. The smallest absolute Gasteiger partial charge is 0.278 e. The molecule has 0 fully saturated rings. The maximum atomic E-state index is 12.4. The molecule has 25 heavy (non-hydrogen) atoms. The van der Waals surface area contributed by atoms with Crippen LogP contribution < -0.4 is 10.1 Å². The summed E-state index contributed by atoms with van der Waals surface area (Å²) in [5.41, 5.74) is 0.718. The van der Waals surface area contributed by atoms with Crippen molar-refractivity contribution in [2.75, 3.05) is 11.9 Å². The predicted octanol–water partition coefficient (Wildman–Crippen LogP) is 4.69. The van der Waals surface area contributed by atoms with Crippen molar-refractivity contribution in [3.8, 4) is 17.2 Å². The van der Waals surface area contributed by atoms with Gasteiger partial charge in [0, 0.05) is 11.8 Å². The number of benzene rings is 1. The number of hydrogen-bond acceptors (Lipinski definition) is 5. The van der Waals surface area contributed by atoms with E-state index in [1.54, 1.807) is 36.5 Å². The SMILES string of the molecule is CCOc1cccnc1NC(=O)c1coc(-c2ccc(Cl)c(Cl)c2)n1. The quantitative estimate of drug-likeness (QED) is 0.697. The highest BCUT2D eigenvalue weighted by atomic mass is 35.5. The summed E-state index contributed by atoms with van der Waals surface area (Å²) in [6.45, 7) is 2.31. The summed E-state index contributed by atoms with van der Waals surface area (Å²) in [6, 6.07) is 8.39. The summed E-state index contributed by atoms with van der Waals surface area (Å²) in [5, 5.41) is 3.45. The molecule has 8 heteroatoms. The highest BCUT2D eigenvalue weighted by Crippen LogP contribution is 2.28. The maximum absolute atomic E-state index is 12.4. The van der Waals surface area contributed by atoms with Gasteiger partial charge in [-0.3, -0.25) is 4.79 Å². The zero-order valence-corrected chi connectivity index (χ0v) is 14.6. The molecule has 1 aromatic carbocycles. The molecule has 0 saturated carbocycles. The molecule has 0 spiro atoms. The molecule has 0 bridgehead atoms. The first-order valence-corrected chi connectivity index (χ1v) is 8.14. The van der Waals surface area contributed by atoms with Gasteiger partial charge in [0.1, 0.15) is 6.26 Å². The molecule has 0 atom stereocenters. The van der Waals surface area contributed by atoms with Crippen LogP contribution in [0.15, 0.2) is 47.2 Å². The number of anilines is 1. The van der Waals surface area contributed by atoms with E-state index < -0.39 is 5.91 Å². The fourth-order valence-corrected chi connectivity index (χ4v) is 2.37. The number of oxazole rings is 1. The van der Waals surface area contributed by atoms with Crippen molar-refractivity contribution in [1.82, 2.24) is 9.97 Å². The average molecular weight is 378 g/mol. The van der Waals surface area contributed by atoms with E-state index in [2.05, 4.69) is 15.3 Å². The van der Waals surface area contributed by atoms with E-state index in [1.807, 2.05) is 6.92 Å². The van der Waals surface area contributed by atoms with E-state index in [9.17, 15) is 4.79 Å². The zero-order valence-electron chi connectivity index (χ0n) is 13.1. The molecule has 6 nitrogen and oxygen atoms in total. The Morgan fingerprint density at radius 1 is 1.28 bits per heavy atom. The van der Waals surface area contributed by atoms with Gasteiger partial charge >= 0.3 is 0 Å². The number of nitrogens with zero attached hydrogens (tertiary/aromatic N) is 2. The molecule has 128 valence electrons. The van der Waals surface area contributed by atoms with Gasteiger partial charge in [-0.25, -0.2) is 9.97 Å². The van der Waals surface area contributed by atoms with Gasteiger partial charge in [0.05, 0.1) is 16.7 Å². The van der Waals surface area contributed by atoms with Crippen LogP contribution in [0.1, 0.15) is 17.4 Å². The van der Waals surface area contributed by atoms with Crippen LogP contribution in [0.5, 0.6) is 5.75 Å². The Kier molecular flexibility index (Phi) is 5.21. The number of hydrogen-bond donors (Lipinski definition) is 1. The number of carbonyl (C=O) groups excluding carboxylic acids is 1. The van der Waals surface area contributed by atoms with Crippen molar-refractivity contribution in [2.45, 2.75) is 6.92 Å². The lowest BCUT2D eigenvalue weighted by Crippen LogP contribution is -2.14. The van der Waals surface area contributed by atoms with Crippen molar-refractivity contribution in [1.29, 1.82) is 0 Å². The third-order valence-corrected chi connectivity index (χ3v) is 3.94. The molecule has 0 saturated heterocycles. The summed E-state index contributed by atoms with van der Waals surface area (Å²) in [7, 11) is 0. The number of amides is 1. The first-order chi connectivity index (χ1) is 12.1. The van der Waals surface area contributed by atoms with Crippen molar-refractivity contribution in [3.05, 3.63) is 58.5 Å². The Morgan fingerprint density at radius 3 is 2.88 bits per heavy atom. The largest absolute Gasteiger partial charge is 0.490 e. The summed E-state index contributed by atoms with van der Waals surface area (Å²) >= 11 is 11.9. The molecule has 3 rings (SSSR count). The van der Waals surface area contributed by atoms with Crippen molar-refractivity contribution in [3.63, 3.8) is 0 Å². The molecule has 0 aliphatic heterocycles. The van der Waals surface area contributed by atoms with Gasteiger partial charge in [0.15, 0.2) is 17.3 Å². The number of aromatic nitrogens is 2. The molecule has 3 aromatic rings. The van der Waals surface area contributed by atoms with Crippen LogP contribution in [0.3, 0.4) is 0 Å². The second-order valence-electron chi connectivity index (χ2n) is 4.90. The lowest BCUT2D eigenvalue weighted by atomic mass is 10.2. The third-order valence-electron chi connectivity index (χ3n) is 3.21. The van der Waals surface area contributed by atoms with E-state index in [4.69, 9.17) is 32.4 Å². The van der Waals surface area contributed by atoms with Crippen molar-refractivity contribution in [2.24, 2.45) is 0 Å². The topological polar surface area (TPSA) is 77.2 Å². The Labute approximate surface area is 153 Å². The second-order valence-corrected chi connectivity index (χ2v) is 5.72. The first-order valence-electron chi connectivity index (χ1n) is 7.38. The lowest BCUT2D eigenvalue weighted by Gasteiger charge is -2.08. The standard InChI is InChI=1S/C17H13Cl2N3O3/c1-2-24-14-4-3-7-20-15(14)22-16(23)13-9-25-17(21-13)10-5-6-11(18)12(19)8-10/h3-9H,2H2,1H3,(H,20,22,23). The number of pyridine rings is 1. The van der Waals surface area contributed by atoms with Crippen LogP contribution in [0.4, 0.5) is 5.82 Å². The van der Waals surface area contributed by atoms with E-state index in [-0.39, 0.29) is 11.6 Å². The number of ether oxygens (including phenoxy) is 1. The Balaban J connectivity index is 1.80. The minimum absolute atomic E-state index is 0.106. The molecule has 2 aromatic heterocycles. The second kappa shape index (κ2) is 7.55. The van der Waals surface area contributed by atoms with Gasteiger partial charge in [-0.2, -0.15) is 0 Å².